The van der Waals surface area contributed by atoms with Crippen LogP contribution in [0.4, 0.5) is 0 Å². The molecular weight excluding hydrogens is 282 g/mol. The Balaban J connectivity index is 1.72. The fourth-order valence-corrected chi connectivity index (χ4v) is 3.37. The van der Waals surface area contributed by atoms with E-state index in [1.807, 2.05) is 24.8 Å². The van der Waals surface area contributed by atoms with Gasteiger partial charge in [-0.3, -0.25) is 9.79 Å². The molecule has 0 saturated heterocycles. The molecule has 5 heteroatoms. The van der Waals surface area contributed by atoms with Crippen LogP contribution >= 0.6 is 11.8 Å². The smallest absolute Gasteiger partial charge is 0.224 e. The van der Waals surface area contributed by atoms with Gasteiger partial charge in [0.15, 0.2) is 5.17 Å². The van der Waals surface area contributed by atoms with Gasteiger partial charge in [-0.15, -0.1) is 0 Å². The van der Waals surface area contributed by atoms with E-state index in [2.05, 4.69) is 34.6 Å². The molecule has 0 saturated carbocycles. The minimum atomic E-state index is 0.204. The topological polar surface area (TPSA) is 44.7 Å². The summed E-state index contributed by atoms with van der Waals surface area (Å²) in [5.74, 6) is 0.204. The van der Waals surface area contributed by atoms with Crippen LogP contribution < -0.4 is 5.32 Å². The van der Waals surface area contributed by atoms with Crippen LogP contribution in [0.5, 0.6) is 0 Å². The minimum Gasteiger partial charge on any atom is -0.364 e. The number of thioether (sulfide) groups is 1. The third kappa shape index (κ3) is 4.49. The summed E-state index contributed by atoms with van der Waals surface area (Å²) in [6.45, 7) is 7.04. The van der Waals surface area contributed by atoms with Crippen molar-refractivity contribution < 1.29 is 4.79 Å². The van der Waals surface area contributed by atoms with Gasteiger partial charge in [-0.05, 0) is 19.4 Å². The fourth-order valence-electron chi connectivity index (χ4n) is 2.32. The van der Waals surface area contributed by atoms with Crippen molar-refractivity contribution in [1.82, 2.24) is 10.2 Å². The second-order valence-corrected chi connectivity index (χ2v) is 6.10. The second-order valence-electron chi connectivity index (χ2n) is 4.91. The van der Waals surface area contributed by atoms with Crippen LogP contribution in [0.15, 0.2) is 35.3 Å². The summed E-state index contributed by atoms with van der Waals surface area (Å²) in [6.07, 6.45) is 0.525. The number of hydrogen-bond acceptors (Lipinski definition) is 4. The quantitative estimate of drug-likeness (QED) is 0.879. The molecule has 0 radical (unpaired) electrons. The minimum absolute atomic E-state index is 0.204. The first-order valence-corrected chi connectivity index (χ1v) is 8.40. The number of nitrogens with one attached hydrogen (secondary N) is 1. The third-order valence-corrected chi connectivity index (χ3v) is 4.76. The fraction of sp³-hybridized carbons (Fsp3) is 0.500. The number of carbonyl (C=O) groups excluding carboxylic acids is 1. The second kappa shape index (κ2) is 8.08. The lowest BCUT2D eigenvalue weighted by Gasteiger charge is -2.18. The molecule has 1 aliphatic rings. The van der Waals surface area contributed by atoms with Gasteiger partial charge in [0.25, 0.3) is 0 Å². The lowest BCUT2D eigenvalue weighted by atomic mass is 10.1. The van der Waals surface area contributed by atoms with Gasteiger partial charge in [-0.25, -0.2) is 0 Å². The van der Waals surface area contributed by atoms with Crippen molar-refractivity contribution in [2.24, 2.45) is 4.99 Å². The predicted molar refractivity (Wildman–Crippen MR) is 89.6 cm³/mol. The van der Waals surface area contributed by atoms with Gasteiger partial charge >= 0.3 is 0 Å². The first kappa shape index (κ1) is 15.9. The van der Waals surface area contributed by atoms with Crippen LogP contribution in [0, 0.1) is 0 Å². The summed E-state index contributed by atoms with van der Waals surface area (Å²) in [5.41, 5.74) is 1.31. The summed E-state index contributed by atoms with van der Waals surface area (Å²) >= 11 is 1.75. The molecule has 1 amide bonds. The number of aliphatic imine (C=N–C) groups is 1. The molecule has 114 valence electrons. The Morgan fingerprint density at radius 3 is 2.71 bits per heavy atom. The molecule has 1 N–H and O–H groups in total. The number of hydrogen-bond donors (Lipinski definition) is 1. The first-order chi connectivity index (χ1) is 10.2. The van der Waals surface area contributed by atoms with E-state index >= 15 is 0 Å². The molecule has 0 aromatic heterocycles. The molecule has 1 heterocycles. The molecule has 1 aromatic rings. The molecule has 0 spiro atoms. The maximum Gasteiger partial charge on any atom is 0.224 e. The Hall–Kier alpha value is -1.49. The highest BCUT2D eigenvalue weighted by molar-refractivity contribution is 8.14. The van der Waals surface area contributed by atoms with Crippen LogP contribution in [-0.2, 0) is 4.79 Å². The van der Waals surface area contributed by atoms with Crippen molar-refractivity contribution in [3.8, 4) is 0 Å². The van der Waals surface area contributed by atoms with E-state index in [9.17, 15) is 4.79 Å². The van der Waals surface area contributed by atoms with Crippen molar-refractivity contribution in [3.05, 3.63) is 35.9 Å². The van der Waals surface area contributed by atoms with Gasteiger partial charge in [-0.2, -0.15) is 0 Å². The Morgan fingerprint density at radius 2 is 2.05 bits per heavy atom. The third-order valence-electron chi connectivity index (χ3n) is 3.56. The summed E-state index contributed by atoms with van der Waals surface area (Å²) in [5, 5.41) is 4.63. The van der Waals surface area contributed by atoms with Crippen LogP contribution in [0.25, 0.3) is 0 Å². The Morgan fingerprint density at radius 1 is 1.33 bits per heavy atom. The SMILES string of the molecule is CCN(CC)C(=O)CCNC1=NCC(c2ccccc2)S1. The predicted octanol–water partition coefficient (Wildman–Crippen LogP) is 2.68. The number of nitrogens with zero attached hydrogens (tertiary/aromatic N) is 2. The summed E-state index contributed by atoms with van der Waals surface area (Å²) in [4.78, 5) is 18.3. The van der Waals surface area contributed by atoms with E-state index in [0.29, 0.717) is 18.2 Å². The molecule has 0 aliphatic carbocycles. The highest BCUT2D eigenvalue weighted by Crippen LogP contribution is 2.33. The maximum absolute atomic E-state index is 11.9. The molecule has 21 heavy (non-hydrogen) atoms. The molecular formula is C16H23N3OS. The van der Waals surface area contributed by atoms with Crippen LogP contribution in [-0.4, -0.2) is 42.2 Å². The Bertz CT molecular complexity index is 486. The molecule has 4 nitrogen and oxygen atoms in total. The van der Waals surface area contributed by atoms with Crippen LogP contribution in [0.1, 0.15) is 31.1 Å². The number of amides is 1. The number of amidine groups is 1. The van der Waals surface area contributed by atoms with Crippen molar-refractivity contribution >= 4 is 22.8 Å². The molecule has 2 rings (SSSR count). The van der Waals surface area contributed by atoms with Gasteiger partial charge in [-0.1, -0.05) is 42.1 Å². The number of carbonyl (C=O) groups is 1. The van der Waals surface area contributed by atoms with E-state index in [0.717, 1.165) is 24.8 Å². The van der Waals surface area contributed by atoms with Crippen molar-refractivity contribution in [2.75, 3.05) is 26.2 Å². The van der Waals surface area contributed by atoms with Gasteiger partial charge in [0.1, 0.15) is 0 Å². The zero-order valence-corrected chi connectivity index (χ0v) is 13.5. The number of benzene rings is 1. The molecule has 1 aromatic carbocycles. The van der Waals surface area contributed by atoms with E-state index in [4.69, 9.17) is 0 Å². The van der Waals surface area contributed by atoms with E-state index in [1.54, 1.807) is 11.8 Å². The standard InChI is InChI=1S/C16H23N3OS/c1-3-19(4-2)15(20)10-11-17-16-18-12-14(21-16)13-8-6-5-7-9-13/h5-9,14H,3-4,10-12H2,1-2H3,(H,17,18). The van der Waals surface area contributed by atoms with Crippen molar-refractivity contribution in [3.63, 3.8) is 0 Å². The highest BCUT2D eigenvalue weighted by atomic mass is 32.2. The summed E-state index contributed by atoms with van der Waals surface area (Å²) in [6, 6.07) is 10.4. The average Bonchev–Trinajstić information content (AvgIpc) is 2.98. The van der Waals surface area contributed by atoms with Gasteiger partial charge in [0.2, 0.25) is 5.91 Å². The Labute approximate surface area is 131 Å². The monoisotopic (exact) mass is 305 g/mol. The zero-order chi connectivity index (χ0) is 15.1. The van der Waals surface area contributed by atoms with Gasteiger partial charge < -0.3 is 10.2 Å². The van der Waals surface area contributed by atoms with Gasteiger partial charge in [0.05, 0.1) is 11.8 Å². The summed E-state index contributed by atoms with van der Waals surface area (Å²) in [7, 11) is 0. The van der Waals surface area contributed by atoms with E-state index in [1.165, 1.54) is 5.56 Å². The lowest BCUT2D eigenvalue weighted by molar-refractivity contribution is -0.130. The largest absolute Gasteiger partial charge is 0.364 e. The van der Waals surface area contributed by atoms with E-state index in [-0.39, 0.29) is 5.91 Å². The van der Waals surface area contributed by atoms with Crippen molar-refractivity contribution in [1.29, 1.82) is 0 Å². The van der Waals surface area contributed by atoms with E-state index < -0.39 is 0 Å². The first-order valence-electron chi connectivity index (χ1n) is 7.52. The Kier molecular flexibility index (Phi) is 6.11. The molecule has 1 atom stereocenters. The van der Waals surface area contributed by atoms with Crippen LogP contribution in [0.3, 0.4) is 0 Å². The normalized spacial score (nSPS) is 17.4. The molecule has 0 fully saturated rings. The average molecular weight is 305 g/mol. The highest BCUT2D eigenvalue weighted by Gasteiger charge is 2.21. The van der Waals surface area contributed by atoms with Crippen molar-refractivity contribution in [2.45, 2.75) is 25.5 Å². The molecule has 1 unspecified atom stereocenters. The zero-order valence-electron chi connectivity index (χ0n) is 12.7. The summed E-state index contributed by atoms with van der Waals surface area (Å²) < 4.78 is 0. The lowest BCUT2D eigenvalue weighted by Crippen LogP contribution is -2.33. The van der Waals surface area contributed by atoms with Gasteiger partial charge in [0, 0.05) is 26.1 Å². The molecule has 0 bridgehead atoms. The molecule has 1 aliphatic heterocycles. The van der Waals surface area contributed by atoms with Crippen LogP contribution in [0.2, 0.25) is 0 Å². The number of rotatable bonds is 6. The maximum atomic E-state index is 11.9.